The molecule has 0 saturated heterocycles. The van der Waals surface area contributed by atoms with Crippen LogP contribution in [0.4, 0.5) is 4.39 Å². The van der Waals surface area contributed by atoms with Gasteiger partial charge in [0.25, 0.3) is 0 Å². The first kappa shape index (κ1) is 14.7. The maximum Gasteiger partial charge on any atom is 0.131 e. The van der Waals surface area contributed by atoms with E-state index in [9.17, 15) is 4.39 Å². The number of nitrogens with one attached hydrogen (secondary N) is 1. The summed E-state index contributed by atoms with van der Waals surface area (Å²) in [6.45, 7) is 9.20. The maximum absolute atomic E-state index is 13.9. The van der Waals surface area contributed by atoms with Crippen molar-refractivity contribution in [1.29, 1.82) is 0 Å². The van der Waals surface area contributed by atoms with Gasteiger partial charge in [0.05, 0.1) is 0 Å². The van der Waals surface area contributed by atoms with E-state index in [1.165, 1.54) is 5.57 Å². The molecule has 0 fully saturated rings. The molecule has 2 rings (SSSR count). The van der Waals surface area contributed by atoms with Crippen LogP contribution < -0.4 is 5.32 Å². The van der Waals surface area contributed by atoms with Crippen LogP contribution in [0.25, 0.3) is 10.8 Å². The van der Waals surface area contributed by atoms with E-state index < -0.39 is 0 Å². The number of hydrogen-bond donors (Lipinski definition) is 1. The Bertz CT molecular complexity index is 603. The third kappa shape index (κ3) is 3.07. The lowest BCUT2D eigenvalue weighted by molar-refractivity contribution is 0.545. The fourth-order valence-electron chi connectivity index (χ4n) is 2.56. The van der Waals surface area contributed by atoms with E-state index in [1.54, 1.807) is 6.07 Å². The predicted octanol–water partition coefficient (Wildman–Crippen LogP) is 4.99. The lowest BCUT2D eigenvalue weighted by Gasteiger charge is -2.21. The molecule has 1 unspecified atom stereocenters. The summed E-state index contributed by atoms with van der Waals surface area (Å²) in [6, 6.07) is 11.3. The molecule has 0 saturated carbocycles. The minimum Gasteiger partial charge on any atom is -0.310 e. The van der Waals surface area contributed by atoms with Crippen molar-refractivity contribution in [3.8, 4) is 0 Å². The Balaban J connectivity index is 2.47. The van der Waals surface area contributed by atoms with Crippen molar-refractivity contribution in [3.05, 3.63) is 59.9 Å². The quantitative estimate of drug-likeness (QED) is 0.730. The van der Waals surface area contributed by atoms with Gasteiger partial charge in [0.1, 0.15) is 5.82 Å². The highest BCUT2D eigenvalue weighted by Crippen LogP contribution is 2.30. The van der Waals surface area contributed by atoms with Crippen LogP contribution in [-0.4, -0.2) is 6.54 Å². The second-order valence-corrected chi connectivity index (χ2v) is 5.10. The average molecular weight is 271 g/mol. The topological polar surface area (TPSA) is 12.0 Å². The lowest BCUT2D eigenvalue weighted by atomic mass is 9.93. The summed E-state index contributed by atoms with van der Waals surface area (Å²) in [6.07, 6.45) is 1.86. The summed E-state index contributed by atoms with van der Waals surface area (Å²) in [4.78, 5) is 0. The minimum atomic E-state index is -0.158. The van der Waals surface area contributed by atoms with Crippen molar-refractivity contribution in [3.63, 3.8) is 0 Å². The standard InChI is InChI=1S/C18H22FN/c1-4-13(3)12-18(20-5-2)16-10-11-17(19)15-9-7-6-8-14(15)16/h6-11,18,20H,3-5,12H2,1-2H3. The second kappa shape index (κ2) is 6.67. The van der Waals surface area contributed by atoms with E-state index in [0.717, 1.165) is 30.3 Å². The zero-order valence-electron chi connectivity index (χ0n) is 12.2. The van der Waals surface area contributed by atoms with Crippen LogP contribution in [0, 0.1) is 5.82 Å². The zero-order chi connectivity index (χ0) is 14.5. The summed E-state index contributed by atoms with van der Waals surface area (Å²) in [7, 11) is 0. The van der Waals surface area contributed by atoms with Crippen molar-refractivity contribution in [2.45, 2.75) is 32.7 Å². The molecule has 0 heterocycles. The molecule has 0 aliphatic carbocycles. The van der Waals surface area contributed by atoms with Crippen molar-refractivity contribution < 1.29 is 4.39 Å². The van der Waals surface area contributed by atoms with E-state index in [2.05, 4.69) is 25.7 Å². The van der Waals surface area contributed by atoms with E-state index in [0.29, 0.717) is 5.39 Å². The average Bonchev–Trinajstić information content (AvgIpc) is 2.47. The van der Waals surface area contributed by atoms with Crippen LogP contribution in [-0.2, 0) is 0 Å². The SMILES string of the molecule is C=C(CC)CC(NCC)c1ccc(F)c2ccccc12. The van der Waals surface area contributed by atoms with Crippen LogP contribution >= 0.6 is 0 Å². The normalized spacial score (nSPS) is 12.6. The fourth-order valence-corrected chi connectivity index (χ4v) is 2.56. The summed E-state index contributed by atoms with van der Waals surface area (Å²) < 4.78 is 13.9. The van der Waals surface area contributed by atoms with Crippen molar-refractivity contribution in [2.24, 2.45) is 0 Å². The van der Waals surface area contributed by atoms with Gasteiger partial charge in [0, 0.05) is 11.4 Å². The Morgan fingerprint density at radius 3 is 2.50 bits per heavy atom. The van der Waals surface area contributed by atoms with E-state index in [1.807, 2.05) is 30.3 Å². The first-order valence-corrected chi connectivity index (χ1v) is 7.24. The third-order valence-electron chi connectivity index (χ3n) is 3.72. The van der Waals surface area contributed by atoms with Gasteiger partial charge < -0.3 is 5.32 Å². The molecule has 0 radical (unpaired) electrons. The fraction of sp³-hybridized carbons (Fsp3) is 0.333. The van der Waals surface area contributed by atoms with Crippen molar-refractivity contribution >= 4 is 10.8 Å². The molecular weight excluding hydrogens is 249 g/mol. The molecule has 0 spiro atoms. The summed E-state index contributed by atoms with van der Waals surface area (Å²) in [5, 5.41) is 5.17. The highest BCUT2D eigenvalue weighted by atomic mass is 19.1. The monoisotopic (exact) mass is 271 g/mol. The van der Waals surface area contributed by atoms with Crippen LogP contribution in [0.5, 0.6) is 0 Å². The Morgan fingerprint density at radius 1 is 1.15 bits per heavy atom. The van der Waals surface area contributed by atoms with Crippen LogP contribution in [0.2, 0.25) is 0 Å². The second-order valence-electron chi connectivity index (χ2n) is 5.10. The van der Waals surface area contributed by atoms with E-state index >= 15 is 0 Å². The first-order chi connectivity index (χ1) is 9.67. The first-order valence-electron chi connectivity index (χ1n) is 7.24. The van der Waals surface area contributed by atoms with Gasteiger partial charge in [-0.25, -0.2) is 4.39 Å². The number of fused-ring (bicyclic) bond motifs is 1. The van der Waals surface area contributed by atoms with Gasteiger partial charge in [0.2, 0.25) is 0 Å². The Morgan fingerprint density at radius 2 is 1.85 bits per heavy atom. The van der Waals surface area contributed by atoms with E-state index in [4.69, 9.17) is 0 Å². The van der Waals surface area contributed by atoms with Crippen LogP contribution in [0.1, 0.15) is 38.3 Å². The van der Waals surface area contributed by atoms with Crippen molar-refractivity contribution in [1.82, 2.24) is 5.32 Å². The Kier molecular flexibility index (Phi) is 4.91. The lowest BCUT2D eigenvalue weighted by Crippen LogP contribution is -2.21. The van der Waals surface area contributed by atoms with Crippen LogP contribution in [0.15, 0.2) is 48.6 Å². The largest absolute Gasteiger partial charge is 0.310 e. The van der Waals surface area contributed by atoms with Gasteiger partial charge in [-0.3, -0.25) is 0 Å². The summed E-state index contributed by atoms with van der Waals surface area (Å²) >= 11 is 0. The zero-order valence-corrected chi connectivity index (χ0v) is 12.2. The molecular formula is C18H22FN. The molecule has 1 nitrogen and oxygen atoms in total. The van der Waals surface area contributed by atoms with Gasteiger partial charge in [-0.1, -0.05) is 56.3 Å². The third-order valence-corrected chi connectivity index (χ3v) is 3.72. The molecule has 1 N–H and O–H groups in total. The molecule has 0 bridgehead atoms. The number of halogens is 1. The van der Waals surface area contributed by atoms with E-state index in [-0.39, 0.29) is 11.9 Å². The van der Waals surface area contributed by atoms with Gasteiger partial charge in [0.15, 0.2) is 0 Å². The highest BCUT2D eigenvalue weighted by Gasteiger charge is 2.15. The molecule has 0 aliphatic rings. The molecule has 2 aromatic rings. The molecule has 2 heteroatoms. The van der Waals surface area contributed by atoms with Crippen molar-refractivity contribution in [2.75, 3.05) is 6.54 Å². The van der Waals surface area contributed by atoms with Gasteiger partial charge in [-0.15, -0.1) is 0 Å². The maximum atomic E-state index is 13.9. The highest BCUT2D eigenvalue weighted by molar-refractivity contribution is 5.86. The molecule has 0 amide bonds. The molecule has 106 valence electrons. The summed E-state index contributed by atoms with van der Waals surface area (Å²) in [5.41, 5.74) is 2.36. The van der Waals surface area contributed by atoms with Crippen LogP contribution in [0.3, 0.4) is 0 Å². The number of benzene rings is 2. The molecule has 0 aromatic heterocycles. The predicted molar refractivity (Wildman–Crippen MR) is 84.4 cm³/mol. The van der Waals surface area contributed by atoms with Gasteiger partial charge >= 0.3 is 0 Å². The van der Waals surface area contributed by atoms with Gasteiger partial charge in [-0.05, 0) is 36.4 Å². The molecule has 2 aromatic carbocycles. The molecule has 1 atom stereocenters. The smallest absolute Gasteiger partial charge is 0.131 e. The minimum absolute atomic E-state index is 0.158. The summed E-state index contributed by atoms with van der Waals surface area (Å²) in [5.74, 6) is -0.158. The number of rotatable bonds is 6. The molecule has 0 aliphatic heterocycles. The Labute approximate surface area is 120 Å². The van der Waals surface area contributed by atoms with Gasteiger partial charge in [-0.2, -0.15) is 0 Å². The Hall–Kier alpha value is -1.67. The number of hydrogen-bond acceptors (Lipinski definition) is 1. The molecule has 20 heavy (non-hydrogen) atoms.